The van der Waals surface area contributed by atoms with Crippen molar-refractivity contribution in [3.05, 3.63) is 95.6 Å². The van der Waals surface area contributed by atoms with E-state index in [0.29, 0.717) is 12.4 Å². The van der Waals surface area contributed by atoms with Crippen molar-refractivity contribution in [1.82, 2.24) is 10.2 Å². The number of nitrogens with one attached hydrogen (secondary N) is 1. The van der Waals surface area contributed by atoms with Crippen molar-refractivity contribution in [2.75, 3.05) is 23.7 Å². The number of rotatable bonds is 13. The van der Waals surface area contributed by atoms with Crippen LogP contribution in [0.25, 0.3) is 0 Å². The van der Waals surface area contributed by atoms with E-state index in [4.69, 9.17) is 4.74 Å². The van der Waals surface area contributed by atoms with E-state index in [2.05, 4.69) is 5.32 Å². The van der Waals surface area contributed by atoms with E-state index < -0.39 is 28.5 Å². The van der Waals surface area contributed by atoms with Gasteiger partial charge < -0.3 is 15.0 Å². The van der Waals surface area contributed by atoms with Gasteiger partial charge >= 0.3 is 0 Å². The van der Waals surface area contributed by atoms with Crippen molar-refractivity contribution >= 4 is 27.5 Å². The fraction of sp³-hybridized carbons (Fsp3) is 0.355. The largest absolute Gasteiger partial charge is 0.492 e. The molecule has 0 saturated heterocycles. The maximum absolute atomic E-state index is 14.1. The molecule has 2 amide bonds. The fourth-order valence-corrected chi connectivity index (χ4v) is 5.21. The van der Waals surface area contributed by atoms with Crippen LogP contribution in [0.3, 0.4) is 0 Å². The molecule has 3 aromatic rings. The number of aryl methyl sites for hydroxylation is 1. The van der Waals surface area contributed by atoms with E-state index in [0.717, 1.165) is 27.3 Å². The Labute approximate surface area is 238 Å². The zero-order valence-electron chi connectivity index (χ0n) is 23.8. The van der Waals surface area contributed by atoms with Gasteiger partial charge in [-0.05, 0) is 51.0 Å². The molecule has 40 heavy (non-hydrogen) atoms. The van der Waals surface area contributed by atoms with Crippen LogP contribution in [0.4, 0.5) is 5.69 Å². The van der Waals surface area contributed by atoms with Gasteiger partial charge in [-0.25, -0.2) is 8.42 Å². The van der Waals surface area contributed by atoms with Crippen molar-refractivity contribution in [3.63, 3.8) is 0 Å². The smallest absolute Gasteiger partial charge is 0.244 e. The summed E-state index contributed by atoms with van der Waals surface area (Å²) in [5, 5.41) is 2.95. The molecular weight excluding hydrogens is 526 g/mol. The van der Waals surface area contributed by atoms with Crippen molar-refractivity contribution in [3.8, 4) is 5.75 Å². The lowest BCUT2D eigenvalue weighted by molar-refractivity contribution is -0.140. The normalized spacial score (nSPS) is 12.1. The van der Waals surface area contributed by atoms with Gasteiger partial charge in [-0.3, -0.25) is 13.9 Å². The van der Waals surface area contributed by atoms with E-state index >= 15 is 0 Å². The number of hydrogen-bond acceptors (Lipinski definition) is 5. The van der Waals surface area contributed by atoms with Gasteiger partial charge in [-0.1, -0.05) is 72.3 Å². The summed E-state index contributed by atoms with van der Waals surface area (Å²) >= 11 is 0. The topological polar surface area (TPSA) is 96.0 Å². The highest BCUT2D eigenvalue weighted by atomic mass is 32.2. The monoisotopic (exact) mass is 565 g/mol. The average molecular weight is 566 g/mol. The number of carbonyl (C=O) groups is 2. The number of anilines is 1. The van der Waals surface area contributed by atoms with Crippen LogP contribution in [-0.2, 0) is 32.6 Å². The van der Waals surface area contributed by atoms with Gasteiger partial charge in [0.15, 0.2) is 0 Å². The second-order valence-corrected chi connectivity index (χ2v) is 12.0. The molecule has 9 heteroatoms. The van der Waals surface area contributed by atoms with Gasteiger partial charge in [0.2, 0.25) is 21.8 Å². The van der Waals surface area contributed by atoms with Crippen LogP contribution >= 0.6 is 0 Å². The lowest BCUT2D eigenvalue weighted by Gasteiger charge is -2.34. The maximum atomic E-state index is 14.1. The van der Waals surface area contributed by atoms with E-state index in [1.54, 1.807) is 31.2 Å². The Hall–Kier alpha value is -3.85. The molecule has 3 rings (SSSR count). The Kier molecular flexibility index (Phi) is 10.7. The lowest BCUT2D eigenvalue weighted by atomic mass is 10.0. The molecule has 0 bridgehead atoms. The summed E-state index contributed by atoms with van der Waals surface area (Å²) < 4.78 is 32.7. The molecule has 8 nitrogen and oxygen atoms in total. The standard InChI is InChI=1S/C31H39N3O5S/c1-6-39-29-15-11-10-14-27(29)34(40(5,37)38)22-30(35)33(21-26-18-16-24(4)17-19-26)28(31(36)32-23(2)3)20-25-12-8-7-9-13-25/h7-19,23,28H,6,20-22H2,1-5H3,(H,32,36)/t28-/m1/s1. The molecule has 0 radical (unpaired) electrons. The number of sulfonamides is 1. The van der Waals surface area contributed by atoms with Crippen molar-refractivity contribution in [2.24, 2.45) is 0 Å². The number of benzene rings is 3. The van der Waals surface area contributed by atoms with Gasteiger partial charge in [0.1, 0.15) is 18.3 Å². The number of nitrogens with zero attached hydrogens (tertiary/aromatic N) is 2. The van der Waals surface area contributed by atoms with Gasteiger partial charge in [-0.15, -0.1) is 0 Å². The van der Waals surface area contributed by atoms with Crippen LogP contribution in [0.15, 0.2) is 78.9 Å². The highest BCUT2D eigenvalue weighted by Crippen LogP contribution is 2.30. The maximum Gasteiger partial charge on any atom is 0.244 e. The van der Waals surface area contributed by atoms with Crippen LogP contribution < -0.4 is 14.4 Å². The summed E-state index contributed by atoms with van der Waals surface area (Å²) in [7, 11) is -3.88. The third kappa shape index (κ3) is 8.58. The first-order valence-electron chi connectivity index (χ1n) is 13.4. The summed E-state index contributed by atoms with van der Waals surface area (Å²) in [4.78, 5) is 29.2. The molecule has 0 saturated carbocycles. The number of para-hydroxylation sites is 2. The van der Waals surface area contributed by atoms with E-state index in [1.165, 1.54) is 4.90 Å². The third-order valence-corrected chi connectivity index (χ3v) is 7.41. The lowest BCUT2D eigenvalue weighted by Crippen LogP contribution is -2.54. The Morgan fingerprint density at radius 2 is 1.52 bits per heavy atom. The molecule has 0 aliphatic carbocycles. The molecule has 214 valence electrons. The molecule has 0 aliphatic heterocycles. The summed E-state index contributed by atoms with van der Waals surface area (Å²) in [6, 6.07) is 22.9. The molecule has 0 unspecified atom stereocenters. The van der Waals surface area contributed by atoms with Crippen LogP contribution in [0.2, 0.25) is 0 Å². The van der Waals surface area contributed by atoms with Crippen LogP contribution in [-0.4, -0.2) is 56.6 Å². The summed E-state index contributed by atoms with van der Waals surface area (Å²) in [6.07, 6.45) is 1.33. The summed E-state index contributed by atoms with van der Waals surface area (Å²) in [5.74, 6) is -0.455. The molecule has 0 aliphatic rings. The third-order valence-electron chi connectivity index (χ3n) is 6.29. The number of hydrogen-bond donors (Lipinski definition) is 1. The Morgan fingerprint density at radius 1 is 0.900 bits per heavy atom. The number of amides is 2. The zero-order valence-corrected chi connectivity index (χ0v) is 24.6. The van der Waals surface area contributed by atoms with Crippen LogP contribution in [0, 0.1) is 6.92 Å². The number of ether oxygens (including phenoxy) is 1. The van der Waals surface area contributed by atoms with Crippen molar-refractivity contribution < 1.29 is 22.7 Å². The first-order valence-corrected chi connectivity index (χ1v) is 15.2. The Balaban J connectivity index is 2.07. The minimum atomic E-state index is -3.88. The van der Waals surface area contributed by atoms with E-state index in [1.807, 2.05) is 75.4 Å². The van der Waals surface area contributed by atoms with Gasteiger partial charge in [0.25, 0.3) is 0 Å². The molecule has 0 aromatic heterocycles. The molecule has 0 spiro atoms. The van der Waals surface area contributed by atoms with E-state index in [9.17, 15) is 18.0 Å². The molecule has 0 heterocycles. The van der Waals surface area contributed by atoms with Crippen LogP contribution in [0.1, 0.15) is 37.5 Å². The highest BCUT2D eigenvalue weighted by molar-refractivity contribution is 7.92. The first-order chi connectivity index (χ1) is 19.0. The summed E-state index contributed by atoms with van der Waals surface area (Å²) in [5.41, 5.74) is 3.04. The highest BCUT2D eigenvalue weighted by Gasteiger charge is 2.33. The Bertz CT molecular complexity index is 1380. The predicted molar refractivity (Wildman–Crippen MR) is 159 cm³/mol. The van der Waals surface area contributed by atoms with Gasteiger partial charge in [0.05, 0.1) is 18.6 Å². The second kappa shape index (κ2) is 14.0. The van der Waals surface area contributed by atoms with Crippen molar-refractivity contribution in [1.29, 1.82) is 0 Å². The first kappa shape index (κ1) is 30.7. The second-order valence-electron chi connectivity index (χ2n) is 10.0. The quantitative estimate of drug-likeness (QED) is 0.333. The molecule has 1 atom stereocenters. The average Bonchev–Trinajstić information content (AvgIpc) is 2.90. The predicted octanol–water partition coefficient (Wildman–Crippen LogP) is 4.32. The van der Waals surface area contributed by atoms with Crippen molar-refractivity contribution in [2.45, 2.75) is 52.7 Å². The SMILES string of the molecule is CCOc1ccccc1N(CC(=O)N(Cc1ccc(C)cc1)[C@H](Cc1ccccc1)C(=O)NC(C)C)S(C)(=O)=O. The molecule has 1 N–H and O–H groups in total. The fourth-order valence-electron chi connectivity index (χ4n) is 4.36. The molecular formula is C31H39N3O5S. The minimum absolute atomic E-state index is 0.132. The Morgan fingerprint density at radius 3 is 2.12 bits per heavy atom. The minimum Gasteiger partial charge on any atom is -0.492 e. The summed E-state index contributed by atoms with van der Waals surface area (Å²) in [6.45, 7) is 7.47. The molecule has 3 aromatic carbocycles. The van der Waals surface area contributed by atoms with Gasteiger partial charge in [-0.2, -0.15) is 0 Å². The van der Waals surface area contributed by atoms with E-state index in [-0.39, 0.29) is 30.6 Å². The number of carbonyl (C=O) groups excluding carboxylic acids is 2. The van der Waals surface area contributed by atoms with Gasteiger partial charge in [0, 0.05) is 19.0 Å². The molecule has 0 fully saturated rings. The zero-order chi connectivity index (χ0) is 29.3. The van der Waals surface area contributed by atoms with Crippen LogP contribution in [0.5, 0.6) is 5.75 Å².